The SMILES string of the molecule is CC(Sc1ccc(NC(=O)c2cccc([N+](=O)[O-])c2)cc1)C(=O)Nc1cccc2c1C(=O)c1ccccc1C2=O. The molecule has 0 bridgehead atoms. The third-order valence-corrected chi connectivity index (χ3v) is 7.44. The van der Waals surface area contributed by atoms with Gasteiger partial charge in [-0.1, -0.05) is 42.5 Å². The molecule has 2 amide bonds. The lowest BCUT2D eigenvalue weighted by molar-refractivity contribution is -0.384. The molecule has 4 aromatic rings. The Balaban J connectivity index is 1.25. The average Bonchev–Trinajstić information content (AvgIpc) is 2.96. The van der Waals surface area contributed by atoms with Crippen LogP contribution in [0, 0.1) is 10.1 Å². The number of carbonyl (C=O) groups excluding carboxylic acids is 4. The lowest BCUT2D eigenvalue weighted by atomic mass is 9.83. The van der Waals surface area contributed by atoms with Crippen molar-refractivity contribution >= 4 is 52.2 Å². The standard InChI is InChI=1S/C30H21N3O6S/c1-17(40-21-14-12-19(13-15-21)31-30(37)18-6-4-7-20(16-18)33(38)39)29(36)32-25-11-5-10-24-26(25)28(35)23-9-3-2-8-22(23)27(24)34/h2-17H,1H3,(H,31,37)(H,32,36). The molecule has 0 spiro atoms. The summed E-state index contributed by atoms with van der Waals surface area (Å²) in [6.45, 7) is 1.72. The van der Waals surface area contributed by atoms with Crippen LogP contribution >= 0.6 is 11.8 Å². The molecule has 1 unspecified atom stereocenters. The van der Waals surface area contributed by atoms with E-state index in [2.05, 4.69) is 10.6 Å². The van der Waals surface area contributed by atoms with Gasteiger partial charge in [0.1, 0.15) is 0 Å². The highest BCUT2D eigenvalue weighted by Gasteiger charge is 2.32. The summed E-state index contributed by atoms with van der Waals surface area (Å²) < 4.78 is 0. The third-order valence-electron chi connectivity index (χ3n) is 6.32. The summed E-state index contributed by atoms with van der Waals surface area (Å²) in [4.78, 5) is 62.8. The van der Waals surface area contributed by atoms with E-state index in [0.717, 1.165) is 4.90 Å². The fourth-order valence-corrected chi connectivity index (χ4v) is 5.19. The maximum atomic E-state index is 13.2. The molecule has 0 saturated heterocycles. The van der Waals surface area contributed by atoms with Crippen LogP contribution in [0.3, 0.4) is 0 Å². The Kier molecular flexibility index (Phi) is 7.26. The van der Waals surface area contributed by atoms with E-state index in [0.29, 0.717) is 16.8 Å². The summed E-state index contributed by atoms with van der Waals surface area (Å²) in [5.74, 6) is -1.41. The van der Waals surface area contributed by atoms with Crippen molar-refractivity contribution in [3.63, 3.8) is 0 Å². The highest BCUT2D eigenvalue weighted by molar-refractivity contribution is 8.00. The number of benzene rings is 4. The molecule has 10 heteroatoms. The number of fused-ring (bicyclic) bond motifs is 2. The van der Waals surface area contributed by atoms with Gasteiger partial charge in [-0.3, -0.25) is 29.3 Å². The number of nitrogens with zero attached hydrogens (tertiary/aromatic N) is 1. The monoisotopic (exact) mass is 551 g/mol. The number of non-ortho nitro benzene ring substituents is 1. The van der Waals surface area contributed by atoms with Gasteiger partial charge in [0.05, 0.1) is 21.4 Å². The molecule has 0 fully saturated rings. The van der Waals surface area contributed by atoms with E-state index in [1.807, 2.05) is 0 Å². The van der Waals surface area contributed by atoms with Crippen LogP contribution < -0.4 is 10.6 Å². The van der Waals surface area contributed by atoms with Crippen LogP contribution in [0.25, 0.3) is 0 Å². The number of anilines is 2. The van der Waals surface area contributed by atoms with Gasteiger partial charge in [0, 0.05) is 45.0 Å². The van der Waals surface area contributed by atoms with Crippen LogP contribution in [0.15, 0.2) is 95.9 Å². The van der Waals surface area contributed by atoms with Crippen LogP contribution in [-0.2, 0) is 4.79 Å². The van der Waals surface area contributed by atoms with Gasteiger partial charge >= 0.3 is 0 Å². The lowest BCUT2D eigenvalue weighted by Crippen LogP contribution is -2.27. The largest absolute Gasteiger partial charge is 0.324 e. The van der Waals surface area contributed by atoms with Crippen molar-refractivity contribution < 1.29 is 24.1 Å². The molecule has 40 heavy (non-hydrogen) atoms. The van der Waals surface area contributed by atoms with E-state index in [1.165, 1.54) is 36.0 Å². The Morgan fingerprint density at radius 1 is 0.800 bits per heavy atom. The van der Waals surface area contributed by atoms with Gasteiger partial charge in [-0.2, -0.15) is 0 Å². The van der Waals surface area contributed by atoms with Crippen LogP contribution in [0.5, 0.6) is 0 Å². The van der Waals surface area contributed by atoms with Crippen molar-refractivity contribution in [1.29, 1.82) is 0 Å². The molecule has 9 nitrogen and oxygen atoms in total. The van der Waals surface area contributed by atoms with E-state index in [9.17, 15) is 29.3 Å². The zero-order chi connectivity index (χ0) is 28.4. The van der Waals surface area contributed by atoms with Gasteiger partial charge in [0.25, 0.3) is 11.6 Å². The molecule has 198 valence electrons. The van der Waals surface area contributed by atoms with Gasteiger partial charge in [0.15, 0.2) is 11.6 Å². The molecule has 2 N–H and O–H groups in total. The predicted molar refractivity (Wildman–Crippen MR) is 151 cm³/mol. The lowest BCUT2D eigenvalue weighted by Gasteiger charge is -2.21. The number of carbonyl (C=O) groups is 4. The zero-order valence-corrected chi connectivity index (χ0v) is 21.9. The number of amides is 2. The Labute approximate surface area is 232 Å². The van der Waals surface area contributed by atoms with Gasteiger partial charge in [0.2, 0.25) is 5.91 Å². The first-order valence-electron chi connectivity index (χ1n) is 12.2. The van der Waals surface area contributed by atoms with Crippen molar-refractivity contribution in [2.24, 2.45) is 0 Å². The number of hydrogen-bond acceptors (Lipinski definition) is 7. The predicted octanol–water partition coefficient (Wildman–Crippen LogP) is 5.74. The van der Waals surface area contributed by atoms with Crippen LogP contribution in [0.2, 0.25) is 0 Å². The molecule has 0 radical (unpaired) electrons. The Morgan fingerprint density at radius 3 is 2.15 bits per heavy atom. The smallest absolute Gasteiger partial charge is 0.270 e. The van der Waals surface area contributed by atoms with E-state index >= 15 is 0 Å². The summed E-state index contributed by atoms with van der Waals surface area (Å²) >= 11 is 1.28. The number of nitro groups is 1. The summed E-state index contributed by atoms with van der Waals surface area (Å²) in [6.07, 6.45) is 0. The van der Waals surface area contributed by atoms with Crippen LogP contribution in [0.4, 0.5) is 17.1 Å². The summed E-state index contributed by atoms with van der Waals surface area (Å²) in [5.41, 5.74) is 1.83. The maximum absolute atomic E-state index is 13.2. The Morgan fingerprint density at radius 2 is 1.45 bits per heavy atom. The van der Waals surface area contributed by atoms with Gasteiger partial charge in [-0.25, -0.2) is 0 Å². The van der Waals surface area contributed by atoms with Crippen molar-refractivity contribution in [3.8, 4) is 0 Å². The molecule has 5 rings (SSSR count). The first kappa shape index (κ1) is 26.5. The maximum Gasteiger partial charge on any atom is 0.270 e. The minimum Gasteiger partial charge on any atom is -0.324 e. The van der Waals surface area contributed by atoms with Crippen molar-refractivity contribution in [2.75, 3.05) is 10.6 Å². The fourth-order valence-electron chi connectivity index (χ4n) is 4.32. The molecule has 1 aliphatic carbocycles. The van der Waals surface area contributed by atoms with Gasteiger partial charge in [-0.05, 0) is 43.3 Å². The first-order chi connectivity index (χ1) is 19.2. The number of hydrogen-bond donors (Lipinski definition) is 2. The van der Waals surface area contributed by atoms with E-state index < -0.39 is 16.1 Å². The van der Waals surface area contributed by atoms with Crippen LogP contribution in [0.1, 0.15) is 49.1 Å². The Bertz CT molecular complexity index is 1700. The molecular formula is C30H21N3O6S. The second kappa shape index (κ2) is 11.0. The normalized spacial score (nSPS) is 12.6. The molecule has 4 aromatic carbocycles. The summed E-state index contributed by atoms with van der Waals surface area (Å²) in [6, 6.07) is 23.7. The molecule has 0 aromatic heterocycles. The molecule has 0 aliphatic heterocycles. The fraction of sp³-hybridized carbons (Fsp3) is 0.0667. The number of rotatable bonds is 7. The topological polar surface area (TPSA) is 135 Å². The number of nitro benzene ring substituents is 1. The number of thioether (sulfide) groups is 1. The minimum atomic E-state index is -0.566. The van der Waals surface area contributed by atoms with E-state index in [4.69, 9.17) is 0 Å². The van der Waals surface area contributed by atoms with E-state index in [1.54, 1.807) is 73.7 Å². The molecule has 1 atom stereocenters. The first-order valence-corrected chi connectivity index (χ1v) is 13.1. The highest BCUT2D eigenvalue weighted by atomic mass is 32.2. The number of nitrogens with one attached hydrogen (secondary N) is 2. The Hall–Kier alpha value is -5.09. The molecular weight excluding hydrogens is 530 g/mol. The molecule has 1 aliphatic rings. The molecule has 0 heterocycles. The van der Waals surface area contributed by atoms with Gasteiger partial charge in [-0.15, -0.1) is 11.8 Å². The summed E-state index contributed by atoms with van der Waals surface area (Å²) in [5, 5.41) is 15.9. The number of ketones is 2. The highest BCUT2D eigenvalue weighted by Crippen LogP contribution is 2.33. The average molecular weight is 552 g/mol. The van der Waals surface area contributed by atoms with Crippen molar-refractivity contribution in [3.05, 3.63) is 129 Å². The quantitative estimate of drug-likeness (QED) is 0.150. The van der Waals surface area contributed by atoms with Crippen LogP contribution in [-0.4, -0.2) is 33.6 Å². The summed E-state index contributed by atoms with van der Waals surface area (Å²) in [7, 11) is 0. The zero-order valence-electron chi connectivity index (χ0n) is 21.0. The second-order valence-corrected chi connectivity index (χ2v) is 10.4. The third kappa shape index (κ3) is 5.25. The van der Waals surface area contributed by atoms with Crippen molar-refractivity contribution in [1.82, 2.24) is 0 Å². The second-order valence-electron chi connectivity index (χ2n) is 8.97. The molecule has 0 saturated carbocycles. The van der Waals surface area contributed by atoms with E-state index in [-0.39, 0.29) is 45.5 Å². The minimum absolute atomic E-state index is 0.157. The van der Waals surface area contributed by atoms with Crippen molar-refractivity contribution in [2.45, 2.75) is 17.1 Å². The van der Waals surface area contributed by atoms with Gasteiger partial charge < -0.3 is 10.6 Å².